The molecule has 0 atom stereocenters. The SMILES string of the molecule is Cc1ccc(C2=CCS(=O)(=O)C2)cc1. The highest BCUT2D eigenvalue weighted by Gasteiger charge is 2.20. The molecule has 2 rings (SSSR count). The van der Waals surface area contributed by atoms with Crippen LogP contribution in [0.25, 0.3) is 5.57 Å². The molecule has 0 aromatic heterocycles. The highest BCUT2D eigenvalue weighted by molar-refractivity contribution is 7.92. The highest BCUT2D eigenvalue weighted by atomic mass is 32.2. The minimum atomic E-state index is -2.85. The first-order chi connectivity index (χ1) is 6.57. The van der Waals surface area contributed by atoms with E-state index in [-0.39, 0.29) is 11.5 Å². The molecular formula is C11H12O2S. The molecular weight excluding hydrogens is 196 g/mol. The third-order valence-electron chi connectivity index (χ3n) is 2.38. The van der Waals surface area contributed by atoms with Crippen LogP contribution < -0.4 is 0 Å². The lowest BCUT2D eigenvalue weighted by Crippen LogP contribution is -2.02. The number of aryl methyl sites for hydroxylation is 1. The van der Waals surface area contributed by atoms with Gasteiger partial charge in [0.25, 0.3) is 0 Å². The number of hydrogen-bond acceptors (Lipinski definition) is 2. The van der Waals surface area contributed by atoms with Gasteiger partial charge in [0.15, 0.2) is 9.84 Å². The van der Waals surface area contributed by atoms with Crippen LogP contribution in [0, 0.1) is 6.92 Å². The Bertz CT molecular complexity index is 467. The van der Waals surface area contributed by atoms with Crippen LogP contribution in [0.2, 0.25) is 0 Å². The first kappa shape index (κ1) is 9.46. The molecule has 0 saturated heterocycles. The van der Waals surface area contributed by atoms with Gasteiger partial charge in [0.1, 0.15) is 0 Å². The van der Waals surface area contributed by atoms with Gasteiger partial charge < -0.3 is 0 Å². The van der Waals surface area contributed by atoms with Crippen LogP contribution in [0.3, 0.4) is 0 Å². The largest absolute Gasteiger partial charge is 0.228 e. The molecule has 1 aliphatic rings. The van der Waals surface area contributed by atoms with E-state index in [4.69, 9.17) is 0 Å². The summed E-state index contributed by atoms with van der Waals surface area (Å²) in [6.45, 7) is 2.02. The van der Waals surface area contributed by atoms with Crippen LogP contribution >= 0.6 is 0 Å². The van der Waals surface area contributed by atoms with Crippen LogP contribution in [-0.4, -0.2) is 19.9 Å². The molecule has 2 nitrogen and oxygen atoms in total. The second kappa shape index (κ2) is 3.24. The lowest BCUT2D eigenvalue weighted by atomic mass is 10.1. The molecule has 1 aromatic rings. The van der Waals surface area contributed by atoms with E-state index in [0.29, 0.717) is 0 Å². The Morgan fingerprint density at radius 3 is 2.29 bits per heavy atom. The van der Waals surface area contributed by atoms with E-state index in [2.05, 4.69) is 0 Å². The van der Waals surface area contributed by atoms with E-state index < -0.39 is 9.84 Å². The molecule has 0 N–H and O–H groups in total. The number of sulfone groups is 1. The van der Waals surface area contributed by atoms with Gasteiger partial charge in [-0.15, -0.1) is 0 Å². The maximum absolute atomic E-state index is 11.2. The van der Waals surface area contributed by atoms with Gasteiger partial charge in [0, 0.05) is 0 Å². The van der Waals surface area contributed by atoms with E-state index >= 15 is 0 Å². The molecule has 0 aliphatic carbocycles. The van der Waals surface area contributed by atoms with Crippen LogP contribution in [-0.2, 0) is 9.84 Å². The molecule has 0 unspecified atom stereocenters. The molecule has 1 aromatic carbocycles. The van der Waals surface area contributed by atoms with Crippen molar-refractivity contribution in [3.8, 4) is 0 Å². The average Bonchev–Trinajstić information content (AvgIpc) is 2.47. The number of benzene rings is 1. The van der Waals surface area contributed by atoms with Gasteiger partial charge in [-0.3, -0.25) is 0 Å². The second-order valence-electron chi connectivity index (χ2n) is 3.65. The van der Waals surface area contributed by atoms with Gasteiger partial charge in [0.2, 0.25) is 0 Å². The van der Waals surface area contributed by atoms with Gasteiger partial charge in [-0.2, -0.15) is 0 Å². The van der Waals surface area contributed by atoms with E-state index in [9.17, 15) is 8.42 Å². The average molecular weight is 208 g/mol. The summed E-state index contributed by atoms with van der Waals surface area (Å²) >= 11 is 0. The first-order valence-corrected chi connectivity index (χ1v) is 6.35. The Labute approximate surface area is 84.2 Å². The summed E-state index contributed by atoms with van der Waals surface area (Å²) in [6, 6.07) is 7.95. The number of rotatable bonds is 1. The molecule has 0 spiro atoms. The van der Waals surface area contributed by atoms with Crippen molar-refractivity contribution in [1.29, 1.82) is 0 Å². The van der Waals surface area contributed by atoms with E-state index in [0.717, 1.165) is 11.1 Å². The van der Waals surface area contributed by atoms with Crippen LogP contribution in [0.5, 0.6) is 0 Å². The predicted molar refractivity (Wildman–Crippen MR) is 57.8 cm³/mol. The number of hydrogen-bond donors (Lipinski definition) is 0. The zero-order chi connectivity index (χ0) is 10.2. The van der Waals surface area contributed by atoms with Crippen molar-refractivity contribution < 1.29 is 8.42 Å². The quantitative estimate of drug-likeness (QED) is 0.705. The zero-order valence-electron chi connectivity index (χ0n) is 8.03. The molecule has 0 bridgehead atoms. The minimum Gasteiger partial charge on any atom is -0.228 e. The van der Waals surface area contributed by atoms with Crippen LogP contribution in [0.15, 0.2) is 30.3 Å². The topological polar surface area (TPSA) is 34.1 Å². The molecule has 1 aliphatic heterocycles. The van der Waals surface area contributed by atoms with Gasteiger partial charge in [0.05, 0.1) is 11.5 Å². The minimum absolute atomic E-state index is 0.191. The van der Waals surface area contributed by atoms with Gasteiger partial charge in [-0.1, -0.05) is 35.9 Å². The molecule has 0 amide bonds. The van der Waals surface area contributed by atoms with E-state index in [1.165, 1.54) is 5.56 Å². The van der Waals surface area contributed by atoms with Gasteiger partial charge >= 0.3 is 0 Å². The summed E-state index contributed by atoms with van der Waals surface area (Å²) in [4.78, 5) is 0. The van der Waals surface area contributed by atoms with Gasteiger partial charge in [-0.05, 0) is 18.1 Å². The maximum atomic E-state index is 11.2. The van der Waals surface area contributed by atoms with Crippen molar-refractivity contribution in [3.05, 3.63) is 41.5 Å². The van der Waals surface area contributed by atoms with Crippen molar-refractivity contribution >= 4 is 15.4 Å². The Balaban J connectivity index is 2.30. The fourth-order valence-electron chi connectivity index (χ4n) is 1.55. The van der Waals surface area contributed by atoms with Gasteiger partial charge in [-0.25, -0.2) is 8.42 Å². The fourth-order valence-corrected chi connectivity index (χ4v) is 2.88. The summed E-state index contributed by atoms with van der Waals surface area (Å²) in [7, 11) is -2.85. The summed E-state index contributed by atoms with van der Waals surface area (Å²) in [5, 5.41) is 0. The van der Waals surface area contributed by atoms with Crippen molar-refractivity contribution in [2.24, 2.45) is 0 Å². The molecule has 0 saturated carbocycles. The lowest BCUT2D eigenvalue weighted by molar-refractivity contribution is 0.603. The normalized spacial score (nSPS) is 19.4. The Hall–Kier alpha value is -1.09. The second-order valence-corrected chi connectivity index (χ2v) is 5.76. The first-order valence-electron chi connectivity index (χ1n) is 4.53. The summed E-state index contributed by atoms with van der Waals surface area (Å²) < 4.78 is 22.5. The predicted octanol–water partition coefficient (Wildman–Crippen LogP) is 1.81. The third kappa shape index (κ3) is 1.87. The Morgan fingerprint density at radius 2 is 1.79 bits per heavy atom. The monoisotopic (exact) mass is 208 g/mol. The molecule has 0 fully saturated rings. The van der Waals surface area contributed by atoms with Crippen molar-refractivity contribution in [3.63, 3.8) is 0 Å². The molecule has 0 radical (unpaired) electrons. The Kier molecular flexibility index (Phi) is 2.19. The zero-order valence-corrected chi connectivity index (χ0v) is 8.84. The van der Waals surface area contributed by atoms with Crippen molar-refractivity contribution in [2.75, 3.05) is 11.5 Å². The molecule has 3 heteroatoms. The van der Waals surface area contributed by atoms with Crippen molar-refractivity contribution in [1.82, 2.24) is 0 Å². The van der Waals surface area contributed by atoms with Crippen LogP contribution in [0.4, 0.5) is 0 Å². The molecule has 74 valence electrons. The van der Waals surface area contributed by atoms with E-state index in [1.54, 1.807) is 6.08 Å². The summed E-state index contributed by atoms with van der Waals surface area (Å²) in [6.07, 6.45) is 1.81. The maximum Gasteiger partial charge on any atom is 0.158 e. The summed E-state index contributed by atoms with van der Waals surface area (Å²) in [5.74, 6) is 0.381. The highest BCUT2D eigenvalue weighted by Crippen LogP contribution is 2.22. The fraction of sp³-hybridized carbons (Fsp3) is 0.273. The molecule has 1 heterocycles. The summed E-state index contributed by atoms with van der Waals surface area (Å²) in [5.41, 5.74) is 3.15. The van der Waals surface area contributed by atoms with Crippen LogP contribution in [0.1, 0.15) is 11.1 Å². The third-order valence-corrected chi connectivity index (χ3v) is 3.81. The van der Waals surface area contributed by atoms with E-state index in [1.807, 2.05) is 31.2 Å². The Morgan fingerprint density at radius 1 is 1.14 bits per heavy atom. The smallest absolute Gasteiger partial charge is 0.158 e. The van der Waals surface area contributed by atoms with Crippen molar-refractivity contribution in [2.45, 2.75) is 6.92 Å². The standard InChI is InChI=1S/C11H12O2S/c1-9-2-4-10(5-3-9)11-6-7-14(12,13)8-11/h2-6H,7-8H2,1H3. The molecule has 14 heavy (non-hydrogen) atoms. The lowest BCUT2D eigenvalue weighted by Gasteiger charge is -2.01.